The number of hydrogen-bond acceptors (Lipinski definition) is 3. The Kier molecular flexibility index (Phi) is 1.09. The molecule has 1 aliphatic heterocycles. The topological polar surface area (TPSA) is 33.3 Å². The van der Waals surface area contributed by atoms with Crippen LogP contribution in [-0.2, 0) is 4.84 Å². The lowest BCUT2D eigenvalue weighted by Gasteiger charge is -2.05. The van der Waals surface area contributed by atoms with Crippen molar-refractivity contribution in [1.82, 2.24) is 11.0 Å². The molecule has 0 spiro atoms. The molecule has 3 nitrogen and oxygen atoms in total. The highest BCUT2D eigenvalue weighted by atomic mass is 16.7. The highest BCUT2D eigenvalue weighted by molar-refractivity contribution is 4.76. The second-order valence-electron chi connectivity index (χ2n) is 0.973. The number of nitrogens with one attached hydrogen (secondary N) is 2. The fraction of sp³-hybridized carbons (Fsp3) is 0.333. The van der Waals surface area contributed by atoms with E-state index in [1.807, 2.05) is 6.08 Å². The van der Waals surface area contributed by atoms with Crippen LogP contribution >= 0.6 is 0 Å². The van der Waals surface area contributed by atoms with E-state index >= 15 is 0 Å². The van der Waals surface area contributed by atoms with Crippen LogP contribution in [0.5, 0.6) is 0 Å². The number of rotatable bonds is 0. The molecule has 1 aliphatic rings. The van der Waals surface area contributed by atoms with Gasteiger partial charge in [0.05, 0.1) is 0 Å². The third-order valence-electron chi connectivity index (χ3n) is 0.515. The summed E-state index contributed by atoms with van der Waals surface area (Å²) in [4.78, 5) is 4.53. The monoisotopic (exact) mass is 86.0 g/mol. The van der Waals surface area contributed by atoms with Crippen molar-refractivity contribution >= 4 is 0 Å². The molecule has 0 bridgehead atoms. The summed E-state index contributed by atoms with van der Waals surface area (Å²) in [5, 5.41) is 0. The van der Waals surface area contributed by atoms with Gasteiger partial charge in [-0.25, -0.2) is 5.43 Å². The molecular weight excluding hydrogens is 80.0 g/mol. The Labute approximate surface area is 35.9 Å². The molecule has 0 atom stereocenters. The predicted molar refractivity (Wildman–Crippen MR) is 21.4 cm³/mol. The van der Waals surface area contributed by atoms with Crippen LogP contribution in [-0.4, -0.2) is 6.54 Å². The molecule has 0 radical (unpaired) electrons. The zero-order valence-corrected chi connectivity index (χ0v) is 3.27. The maximum atomic E-state index is 4.53. The van der Waals surface area contributed by atoms with Gasteiger partial charge in [-0.2, -0.15) is 0 Å². The molecule has 0 aromatic rings. The molecule has 0 aliphatic carbocycles. The molecule has 1 rings (SSSR count). The van der Waals surface area contributed by atoms with Crippen LogP contribution in [0.25, 0.3) is 0 Å². The molecule has 2 N–H and O–H groups in total. The first kappa shape index (κ1) is 3.64. The zero-order valence-electron chi connectivity index (χ0n) is 3.27. The van der Waals surface area contributed by atoms with Crippen LogP contribution in [0.15, 0.2) is 12.3 Å². The molecule has 0 saturated heterocycles. The van der Waals surface area contributed by atoms with Gasteiger partial charge >= 0.3 is 0 Å². The van der Waals surface area contributed by atoms with Gasteiger partial charge in [0.2, 0.25) is 0 Å². The van der Waals surface area contributed by atoms with Crippen molar-refractivity contribution in [1.29, 1.82) is 0 Å². The summed E-state index contributed by atoms with van der Waals surface area (Å²) in [5.74, 6) is 0. The van der Waals surface area contributed by atoms with E-state index in [0.717, 1.165) is 6.54 Å². The normalized spacial score (nSPS) is 20.0. The fourth-order valence-electron chi connectivity index (χ4n) is 0.273. The summed E-state index contributed by atoms with van der Waals surface area (Å²) in [6, 6.07) is 0. The van der Waals surface area contributed by atoms with Gasteiger partial charge in [-0.3, -0.25) is 0 Å². The van der Waals surface area contributed by atoms with Crippen molar-refractivity contribution < 1.29 is 4.84 Å². The van der Waals surface area contributed by atoms with Crippen molar-refractivity contribution in [3.8, 4) is 0 Å². The standard InChI is InChI=1S/C3H6N2O/c1-2-4-5-6-3-1/h1,3-5H,2H2. The maximum absolute atomic E-state index is 4.53. The summed E-state index contributed by atoms with van der Waals surface area (Å²) >= 11 is 0. The molecule has 0 amide bonds. The Balaban J connectivity index is 2.26. The van der Waals surface area contributed by atoms with Crippen molar-refractivity contribution in [3.63, 3.8) is 0 Å². The minimum absolute atomic E-state index is 0.833. The van der Waals surface area contributed by atoms with Gasteiger partial charge in [0.15, 0.2) is 0 Å². The largest absolute Gasteiger partial charge is 0.402 e. The molecule has 6 heavy (non-hydrogen) atoms. The summed E-state index contributed by atoms with van der Waals surface area (Å²) in [7, 11) is 0. The van der Waals surface area contributed by atoms with E-state index in [4.69, 9.17) is 0 Å². The second-order valence-corrected chi connectivity index (χ2v) is 0.973. The van der Waals surface area contributed by atoms with Crippen LogP contribution in [0.4, 0.5) is 0 Å². The Morgan fingerprint density at radius 1 is 1.67 bits per heavy atom. The van der Waals surface area contributed by atoms with E-state index in [1.165, 1.54) is 0 Å². The first-order valence-corrected chi connectivity index (χ1v) is 1.78. The van der Waals surface area contributed by atoms with Gasteiger partial charge in [-0.05, 0) is 6.08 Å². The Morgan fingerprint density at radius 2 is 2.67 bits per heavy atom. The second kappa shape index (κ2) is 1.79. The van der Waals surface area contributed by atoms with Gasteiger partial charge in [0.25, 0.3) is 0 Å². The molecule has 0 aromatic heterocycles. The van der Waals surface area contributed by atoms with E-state index < -0.39 is 0 Å². The Hall–Kier alpha value is -0.540. The third kappa shape index (κ3) is 0.702. The molecule has 0 fully saturated rings. The van der Waals surface area contributed by atoms with Gasteiger partial charge < -0.3 is 4.84 Å². The van der Waals surface area contributed by atoms with Gasteiger partial charge in [-0.1, -0.05) is 5.59 Å². The quantitative estimate of drug-likeness (QED) is 0.418. The summed E-state index contributed by atoms with van der Waals surface area (Å²) in [6.45, 7) is 0.833. The minimum Gasteiger partial charge on any atom is -0.402 e. The maximum Gasteiger partial charge on any atom is 0.110 e. The van der Waals surface area contributed by atoms with Gasteiger partial charge in [0.1, 0.15) is 6.26 Å². The van der Waals surface area contributed by atoms with Crippen LogP contribution in [0.1, 0.15) is 0 Å². The van der Waals surface area contributed by atoms with Gasteiger partial charge in [0, 0.05) is 6.54 Å². The van der Waals surface area contributed by atoms with E-state index in [-0.39, 0.29) is 0 Å². The third-order valence-corrected chi connectivity index (χ3v) is 0.515. The van der Waals surface area contributed by atoms with E-state index in [9.17, 15) is 0 Å². The Morgan fingerprint density at radius 3 is 2.83 bits per heavy atom. The highest BCUT2D eigenvalue weighted by Gasteiger charge is 1.82. The lowest BCUT2D eigenvalue weighted by Crippen LogP contribution is -2.32. The van der Waals surface area contributed by atoms with E-state index in [1.54, 1.807) is 6.26 Å². The Bertz CT molecular complexity index is 53.8. The lowest BCUT2D eigenvalue weighted by molar-refractivity contribution is 0.0852. The van der Waals surface area contributed by atoms with Crippen molar-refractivity contribution in [2.75, 3.05) is 6.54 Å². The SMILES string of the molecule is C1=CONNC1. The zero-order chi connectivity index (χ0) is 4.24. The fourth-order valence-corrected chi connectivity index (χ4v) is 0.273. The molecule has 1 heterocycles. The minimum atomic E-state index is 0.833. The van der Waals surface area contributed by atoms with Crippen LogP contribution in [0.2, 0.25) is 0 Å². The van der Waals surface area contributed by atoms with Crippen molar-refractivity contribution in [2.45, 2.75) is 0 Å². The predicted octanol–water partition coefficient (Wildman–Crippen LogP) is -0.461. The van der Waals surface area contributed by atoms with Crippen molar-refractivity contribution in [3.05, 3.63) is 12.3 Å². The summed E-state index contributed by atoms with van der Waals surface area (Å²) in [5.41, 5.74) is 5.17. The van der Waals surface area contributed by atoms with E-state index in [2.05, 4.69) is 15.9 Å². The summed E-state index contributed by atoms with van der Waals surface area (Å²) in [6.07, 6.45) is 3.47. The number of hydrogen-bond donors (Lipinski definition) is 2. The van der Waals surface area contributed by atoms with Gasteiger partial charge in [-0.15, -0.1) is 0 Å². The lowest BCUT2D eigenvalue weighted by atomic mass is 10.6. The van der Waals surface area contributed by atoms with Crippen LogP contribution in [0, 0.1) is 0 Å². The molecule has 0 saturated carbocycles. The summed E-state index contributed by atoms with van der Waals surface area (Å²) < 4.78 is 0. The first-order valence-electron chi connectivity index (χ1n) is 1.78. The average molecular weight is 86.1 g/mol. The van der Waals surface area contributed by atoms with Crippen LogP contribution < -0.4 is 11.0 Å². The molecule has 0 aromatic carbocycles. The molecular formula is C3H6N2O. The molecule has 0 unspecified atom stereocenters. The number of hydrazine groups is 1. The van der Waals surface area contributed by atoms with Crippen LogP contribution in [0.3, 0.4) is 0 Å². The first-order chi connectivity index (χ1) is 3.00. The molecule has 34 valence electrons. The van der Waals surface area contributed by atoms with E-state index in [0.29, 0.717) is 0 Å². The average Bonchev–Trinajstić information content (AvgIpc) is 1.72. The smallest absolute Gasteiger partial charge is 0.110 e. The highest BCUT2D eigenvalue weighted by Crippen LogP contribution is 1.73. The van der Waals surface area contributed by atoms with Crippen molar-refractivity contribution in [2.24, 2.45) is 0 Å². The molecule has 3 heteroatoms.